The van der Waals surface area contributed by atoms with Crippen LogP contribution in [0.25, 0.3) is 0 Å². The minimum atomic E-state index is -3.04. The molecule has 0 aliphatic rings. The molecule has 0 fully saturated rings. The molecule has 0 radical (unpaired) electrons. The van der Waals surface area contributed by atoms with Gasteiger partial charge in [-0.15, -0.1) is 0 Å². The molecule has 0 N–H and O–H groups in total. The van der Waals surface area contributed by atoms with Crippen molar-refractivity contribution < 1.29 is 18.0 Å². The first kappa shape index (κ1) is 11.3. The predicted molar refractivity (Wildman–Crippen MR) is 44.3 cm³/mol. The zero-order chi connectivity index (χ0) is 10.9. The van der Waals surface area contributed by atoms with Gasteiger partial charge in [0.1, 0.15) is 0 Å². The number of pyridine rings is 1. The van der Waals surface area contributed by atoms with Gasteiger partial charge in [-0.3, -0.25) is 4.79 Å². The van der Waals surface area contributed by atoms with Crippen LogP contribution in [0.4, 0.5) is 13.2 Å². The first-order chi connectivity index (χ1) is 6.45. The molecule has 76 valence electrons. The molecular weight excluding hydrogens is 242 g/mol. The second-order valence-corrected chi connectivity index (χ2v) is 2.97. The molecule has 1 aromatic heterocycles. The van der Waals surface area contributed by atoms with Gasteiger partial charge in [-0.05, 0) is 11.6 Å². The lowest BCUT2D eigenvalue weighted by Crippen LogP contribution is -2.04. The number of carbonyl (C=O) groups is 1. The van der Waals surface area contributed by atoms with E-state index in [0.29, 0.717) is 6.20 Å². The molecular formula is C7H2Cl2F3NO. The van der Waals surface area contributed by atoms with Crippen LogP contribution >= 0.6 is 23.2 Å². The number of carbonyl (C=O) groups excluding carboxylic acids is 1. The van der Waals surface area contributed by atoms with Gasteiger partial charge in [-0.1, -0.05) is 11.6 Å². The number of rotatable bonds is 2. The van der Waals surface area contributed by atoms with Gasteiger partial charge in [0, 0.05) is 6.20 Å². The summed E-state index contributed by atoms with van der Waals surface area (Å²) in [6.45, 7) is 0. The molecule has 1 rings (SSSR count). The lowest BCUT2D eigenvalue weighted by atomic mass is 10.1. The Morgan fingerprint density at radius 3 is 2.50 bits per heavy atom. The second-order valence-electron chi connectivity index (χ2n) is 2.27. The van der Waals surface area contributed by atoms with Crippen molar-refractivity contribution in [2.75, 3.05) is 0 Å². The smallest absolute Gasteiger partial charge is 0.266 e. The van der Waals surface area contributed by atoms with Gasteiger partial charge >= 0.3 is 0 Å². The molecule has 0 bridgehead atoms. The lowest BCUT2D eigenvalue weighted by molar-refractivity contribution is 0.106. The molecule has 0 spiro atoms. The Labute approximate surface area is 86.6 Å². The predicted octanol–water partition coefficient (Wildman–Crippen LogP) is 3.19. The summed E-state index contributed by atoms with van der Waals surface area (Å²) in [7, 11) is 0. The van der Waals surface area contributed by atoms with Crippen molar-refractivity contribution in [2.45, 2.75) is 6.43 Å². The van der Waals surface area contributed by atoms with Crippen molar-refractivity contribution in [3.8, 4) is 0 Å². The van der Waals surface area contributed by atoms with Crippen molar-refractivity contribution in [3.05, 3.63) is 28.3 Å². The Morgan fingerprint density at radius 1 is 1.50 bits per heavy atom. The Bertz CT molecular complexity index is 383. The molecule has 0 saturated carbocycles. The number of hydrogen-bond donors (Lipinski definition) is 0. The quantitative estimate of drug-likeness (QED) is 0.590. The van der Waals surface area contributed by atoms with E-state index in [9.17, 15) is 18.0 Å². The Hall–Kier alpha value is -0.810. The summed E-state index contributed by atoms with van der Waals surface area (Å²) in [6, 6.07) is 0. The Morgan fingerprint density at radius 2 is 2.07 bits per heavy atom. The van der Waals surface area contributed by atoms with Crippen molar-refractivity contribution in [1.29, 1.82) is 0 Å². The van der Waals surface area contributed by atoms with Crippen LogP contribution in [0, 0.1) is 5.82 Å². The molecule has 1 aromatic rings. The standard InChI is InChI=1S/C7H2Cl2F3NO/c8-5-4(10)3(6(9)14)2(1-13-5)7(11)12/h1,7H. The molecule has 0 unspecified atom stereocenters. The highest BCUT2D eigenvalue weighted by molar-refractivity contribution is 6.68. The third-order valence-electron chi connectivity index (χ3n) is 1.44. The fourth-order valence-electron chi connectivity index (χ4n) is 0.843. The van der Waals surface area contributed by atoms with E-state index in [4.69, 9.17) is 23.2 Å². The van der Waals surface area contributed by atoms with Crippen LogP contribution in [0.15, 0.2) is 6.20 Å². The van der Waals surface area contributed by atoms with Gasteiger partial charge in [0.05, 0.1) is 11.1 Å². The van der Waals surface area contributed by atoms with Crippen LogP contribution in [0.2, 0.25) is 5.15 Å². The van der Waals surface area contributed by atoms with Crippen LogP contribution in [0.1, 0.15) is 22.3 Å². The first-order valence-electron chi connectivity index (χ1n) is 3.27. The van der Waals surface area contributed by atoms with E-state index in [0.717, 1.165) is 0 Å². The van der Waals surface area contributed by atoms with E-state index < -0.39 is 33.8 Å². The fraction of sp³-hybridized carbons (Fsp3) is 0.143. The number of halogens is 5. The van der Waals surface area contributed by atoms with Crippen molar-refractivity contribution in [3.63, 3.8) is 0 Å². The van der Waals surface area contributed by atoms with Crippen LogP contribution < -0.4 is 0 Å². The van der Waals surface area contributed by atoms with Gasteiger partial charge in [0.2, 0.25) is 0 Å². The van der Waals surface area contributed by atoms with E-state index in [2.05, 4.69) is 4.98 Å². The maximum absolute atomic E-state index is 13.0. The average molecular weight is 244 g/mol. The van der Waals surface area contributed by atoms with Gasteiger partial charge in [0.25, 0.3) is 11.7 Å². The third kappa shape index (κ3) is 1.99. The van der Waals surface area contributed by atoms with Crippen molar-refractivity contribution in [2.24, 2.45) is 0 Å². The Balaban J connectivity index is 3.45. The minimum Gasteiger partial charge on any atom is -0.275 e. The minimum absolute atomic E-state index is 0.617. The van der Waals surface area contributed by atoms with E-state index in [1.165, 1.54) is 0 Å². The third-order valence-corrected chi connectivity index (χ3v) is 1.89. The molecule has 0 atom stereocenters. The number of hydrogen-bond acceptors (Lipinski definition) is 2. The average Bonchev–Trinajstić information content (AvgIpc) is 2.08. The van der Waals surface area contributed by atoms with E-state index >= 15 is 0 Å². The van der Waals surface area contributed by atoms with E-state index in [1.54, 1.807) is 0 Å². The molecule has 1 heterocycles. The van der Waals surface area contributed by atoms with Gasteiger partial charge in [-0.25, -0.2) is 18.2 Å². The van der Waals surface area contributed by atoms with E-state index in [-0.39, 0.29) is 0 Å². The lowest BCUT2D eigenvalue weighted by Gasteiger charge is -2.05. The maximum atomic E-state index is 13.0. The van der Waals surface area contributed by atoms with Crippen molar-refractivity contribution in [1.82, 2.24) is 4.98 Å². The number of nitrogens with zero attached hydrogens (tertiary/aromatic N) is 1. The molecule has 0 amide bonds. The molecule has 7 heteroatoms. The highest BCUT2D eigenvalue weighted by Gasteiger charge is 2.23. The zero-order valence-corrected chi connectivity index (χ0v) is 7.91. The summed E-state index contributed by atoms with van der Waals surface area (Å²) < 4.78 is 37.5. The summed E-state index contributed by atoms with van der Waals surface area (Å²) in [5, 5.41) is -2.00. The monoisotopic (exact) mass is 243 g/mol. The van der Waals surface area contributed by atoms with Crippen LogP contribution in [0.3, 0.4) is 0 Å². The Kier molecular flexibility index (Phi) is 3.34. The second kappa shape index (κ2) is 4.14. The van der Waals surface area contributed by atoms with Crippen LogP contribution in [-0.2, 0) is 0 Å². The molecule has 2 nitrogen and oxygen atoms in total. The number of aromatic nitrogens is 1. The highest BCUT2D eigenvalue weighted by atomic mass is 35.5. The molecule has 0 aliphatic carbocycles. The summed E-state index contributed by atoms with van der Waals surface area (Å²) in [5.74, 6) is -1.33. The van der Waals surface area contributed by atoms with E-state index in [1.807, 2.05) is 0 Å². The molecule has 0 saturated heterocycles. The molecule has 0 aliphatic heterocycles. The first-order valence-corrected chi connectivity index (χ1v) is 4.02. The topological polar surface area (TPSA) is 30.0 Å². The summed E-state index contributed by atoms with van der Waals surface area (Å²) in [6.07, 6.45) is -2.42. The maximum Gasteiger partial charge on any atom is 0.266 e. The largest absolute Gasteiger partial charge is 0.275 e. The van der Waals surface area contributed by atoms with Gasteiger partial charge in [0.15, 0.2) is 11.0 Å². The molecule has 0 aromatic carbocycles. The molecule has 14 heavy (non-hydrogen) atoms. The van der Waals surface area contributed by atoms with Gasteiger partial charge in [-0.2, -0.15) is 0 Å². The summed E-state index contributed by atoms with van der Waals surface area (Å²) >= 11 is 10.1. The summed E-state index contributed by atoms with van der Waals surface area (Å²) in [5.41, 5.74) is -1.80. The highest BCUT2D eigenvalue weighted by Crippen LogP contribution is 2.28. The zero-order valence-electron chi connectivity index (χ0n) is 6.40. The SMILES string of the molecule is O=C(Cl)c1c(C(F)F)cnc(Cl)c1F. The van der Waals surface area contributed by atoms with Crippen LogP contribution in [0.5, 0.6) is 0 Å². The number of alkyl halides is 2. The van der Waals surface area contributed by atoms with Gasteiger partial charge < -0.3 is 0 Å². The van der Waals surface area contributed by atoms with Crippen molar-refractivity contribution >= 4 is 28.4 Å². The summed E-state index contributed by atoms with van der Waals surface area (Å²) in [4.78, 5) is 13.8. The fourth-order valence-corrected chi connectivity index (χ4v) is 1.18. The normalized spacial score (nSPS) is 10.7. The van der Waals surface area contributed by atoms with Crippen LogP contribution in [-0.4, -0.2) is 10.2 Å².